The van der Waals surface area contributed by atoms with Crippen molar-refractivity contribution in [3.8, 4) is 0 Å². The molecule has 1 saturated heterocycles. The number of para-hydroxylation sites is 1. The van der Waals surface area contributed by atoms with Crippen molar-refractivity contribution in [3.05, 3.63) is 64.9 Å². The van der Waals surface area contributed by atoms with Gasteiger partial charge < -0.3 is 20.5 Å². The van der Waals surface area contributed by atoms with Crippen LogP contribution in [-0.4, -0.2) is 45.6 Å². The molecule has 2 aromatic carbocycles. The lowest BCUT2D eigenvalue weighted by Gasteiger charge is -2.24. The quantitative estimate of drug-likeness (QED) is 0.568. The molecular weight excluding hydrogens is 366 g/mol. The molecule has 2 atom stereocenters. The van der Waals surface area contributed by atoms with Crippen LogP contribution in [0.4, 0.5) is 11.4 Å². The smallest absolute Gasteiger partial charge is 0.337 e. The van der Waals surface area contributed by atoms with Gasteiger partial charge in [-0.3, -0.25) is 9.59 Å². The first-order valence-corrected chi connectivity index (χ1v) is 8.66. The number of amides is 2. The number of rotatable bonds is 5. The third kappa shape index (κ3) is 4.01. The van der Waals surface area contributed by atoms with Gasteiger partial charge in [-0.15, -0.1) is 0 Å². The fourth-order valence-corrected chi connectivity index (χ4v) is 3.20. The molecule has 9 nitrogen and oxygen atoms in total. The molecule has 0 aliphatic carbocycles. The first-order chi connectivity index (χ1) is 13.4. The molecule has 2 amide bonds. The minimum atomic E-state index is -1.16. The molecule has 9 heteroatoms. The van der Waals surface area contributed by atoms with Crippen LogP contribution in [0.15, 0.2) is 48.5 Å². The van der Waals surface area contributed by atoms with Crippen LogP contribution in [0.25, 0.3) is 0 Å². The van der Waals surface area contributed by atoms with Crippen LogP contribution in [0.1, 0.15) is 33.6 Å². The highest BCUT2D eigenvalue weighted by Gasteiger charge is 2.35. The van der Waals surface area contributed by atoms with Gasteiger partial charge in [-0.1, -0.05) is 12.1 Å². The van der Waals surface area contributed by atoms with E-state index in [0.717, 1.165) is 0 Å². The molecule has 0 aromatic heterocycles. The fraction of sp³-hybridized carbons (Fsp3) is 0.211. The van der Waals surface area contributed by atoms with E-state index in [4.69, 9.17) is 5.21 Å². The summed E-state index contributed by atoms with van der Waals surface area (Å²) in [4.78, 5) is 38.2. The van der Waals surface area contributed by atoms with Crippen LogP contribution in [0.3, 0.4) is 0 Å². The van der Waals surface area contributed by atoms with Crippen LogP contribution < -0.4 is 10.5 Å². The van der Waals surface area contributed by atoms with Crippen LogP contribution in [-0.2, 0) is 4.79 Å². The lowest BCUT2D eigenvalue weighted by atomic mass is 10.1. The molecule has 0 saturated carbocycles. The maximum atomic E-state index is 12.8. The van der Waals surface area contributed by atoms with Gasteiger partial charge in [0.1, 0.15) is 6.04 Å². The highest BCUT2D eigenvalue weighted by Crippen LogP contribution is 2.23. The van der Waals surface area contributed by atoms with Crippen molar-refractivity contribution in [3.63, 3.8) is 0 Å². The number of nitrogens with one attached hydrogen (secondary N) is 2. The number of carboxylic acid groups (broad SMARTS) is 1. The fourth-order valence-electron chi connectivity index (χ4n) is 3.20. The number of carbonyl (C=O) groups is 3. The molecule has 4 N–H and O–H groups in total. The monoisotopic (exact) mass is 385 g/mol. The highest BCUT2D eigenvalue weighted by molar-refractivity contribution is 6.04. The molecule has 2 aromatic rings. The topological polar surface area (TPSA) is 134 Å². The van der Waals surface area contributed by atoms with Crippen molar-refractivity contribution in [1.82, 2.24) is 4.90 Å². The molecule has 1 fully saturated rings. The number of carbonyl (C=O) groups excluding carboxylic acids is 2. The van der Waals surface area contributed by atoms with Gasteiger partial charge >= 0.3 is 5.97 Å². The van der Waals surface area contributed by atoms with E-state index in [9.17, 15) is 24.7 Å². The van der Waals surface area contributed by atoms with E-state index in [1.54, 1.807) is 12.1 Å². The SMILES string of the molecule is O=C(O)c1ccccc1NC(=O)[C@H]1CCCN1C(=O)c1ccc([NH+]([O-])O)cc1. The van der Waals surface area contributed by atoms with Gasteiger partial charge in [-0.05, 0) is 37.1 Å². The first-order valence-electron chi connectivity index (χ1n) is 8.66. The summed E-state index contributed by atoms with van der Waals surface area (Å²) < 4.78 is 0. The van der Waals surface area contributed by atoms with Crippen molar-refractivity contribution in [2.45, 2.75) is 18.9 Å². The molecule has 28 heavy (non-hydrogen) atoms. The van der Waals surface area contributed by atoms with Gasteiger partial charge in [0.15, 0.2) is 5.69 Å². The molecule has 1 aliphatic heterocycles. The molecule has 1 aliphatic rings. The van der Waals surface area contributed by atoms with Crippen molar-refractivity contribution in [2.24, 2.45) is 0 Å². The number of hydrogen-bond donors (Lipinski definition) is 4. The number of benzene rings is 2. The standard InChI is InChI=1S/C19H19N3O6/c23-17(20-15-5-2-1-4-14(15)19(25)26)16-6-3-11-21(16)18(24)12-7-9-13(10-8-12)22(27)28/h1-2,4-5,7-10,16,22,27H,3,6,11H2,(H,20,23)(H,25,26)/t16-/m1/s1. The number of quaternary nitrogens is 1. The number of nitrogens with zero attached hydrogens (tertiary/aromatic N) is 1. The predicted molar refractivity (Wildman–Crippen MR) is 98.3 cm³/mol. The van der Waals surface area contributed by atoms with E-state index in [2.05, 4.69) is 5.32 Å². The molecule has 1 heterocycles. The van der Waals surface area contributed by atoms with Crippen molar-refractivity contribution < 1.29 is 29.9 Å². The van der Waals surface area contributed by atoms with Crippen molar-refractivity contribution in [1.29, 1.82) is 0 Å². The Balaban J connectivity index is 1.76. The summed E-state index contributed by atoms with van der Waals surface area (Å²) >= 11 is 0. The average Bonchev–Trinajstić information content (AvgIpc) is 3.17. The first kappa shape index (κ1) is 19.5. The predicted octanol–water partition coefficient (Wildman–Crippen LogP) is 1.03. The van der Waals surface area contributed by atoms with Gasteiger partial charge in [0.2, 0.25) is 5.91 Å². The van der Waals surface area contributed by atoms with E-state index >= 15 is 0 Å². The summed E-state index contributed by atoms with van der Waals surface area (Å²) in [6, 6.07) is 10.8. The van der Waals surface area contributed by atoms with E-state index in [1.807, 2.05) is 0 Å². The van der Waals surface area contributed by atoms with Gasteiger partial charge in [0.25, 0.3) is 5.91 Å². The van der Waals surface area contributed by atoms with Gasteiger partial charge in [-0.2, -0.15) is 5.23 Å². The zero-order chi connectivity index (χ0) is 20.3. The normalized spacial score (nSPS) is 17.2. The summed E-state index contributed by atoms with van der Waals surface area (Å²) in [6.07, 6.45) is 1.09. The van der Waals surface area contributed by atoms with Crippen molar-refractivity contribution >= 4 is 29.2 Å². The largest absolute Gasteiger partial charge is 0.595 e. The number of hydrogen-bond acceptors (Lipinski definition) is 5. The number of anilines is 1. The molecule has 0 radical (unpaired) electrons. The minimum absolute atomic E-state index is 0.0315. The van der Waals surface area contributed by atoms with E-state index in [-0.39, 0.29) is 28.4 Å². The number of likely N-dealkylation sites (tertiary alicyclic amines) is 1. The Labute approximate surface area is 160 Å². The van der Waals surface area contributed by atoms with Gasteiger partial charge in [-0.25, -0.2) is 10.0 Å². The zero-order valence-corrected chi connectivity index (χ0v) is 14.8. The van der Waals surface area contributed by atoms with Gasteiger partial charge in [0, 0.05) is 24.2 Å². The minimum Gasteiger partial charge on any atom is -0.595 e. The summed E-state index contributed by atoms with van der Waals surface area (Å²) in [7, 11) is 0. The van der Waals surface area contributed by atoms with Crippen LogP contribution in [0.2, 0.25) is 0 Å². The number of aromatic carboxylic acids is 1. The Hall–Kier alpha value is -3.27. The molecule has 146 valence electrons. The summed E-state index contributed by atoms with van der Waals surface area (Å²) in [5.74, 6) is -1.99. The summed E-state index contributed by atoms with van der Waals surface area (Å²) in [5.41, 5.74) is 0.495. The van der Waals surface area contributed by atoms with E-state index in [1.165, 1.54) is 41.3 Å². The Morgan fingerprint density at radius 3 is 2.43 bits per heavy atom. The van der Waals surface area contributed by atoms with E-state index in [0.29, 0.717) is 19.4 Å². The maximum absolute atomic E-state index is 12.8. The second-order valence-electron chi connectivity index (χ2n) is 6.38. The average molecular weight is 385 g/mol. The third-order valence-electron chi connectivity index (χ3n) is 4.61. The Kier molecular flexibility index (Phi) is 5.69. The zero-order valence-electron chi connectivity index (χ0n) is 14.8. The van der Waals surface area contributed by atoms with Crippen LogP contribution in [0.5, 0.6) is 0 Å². The third-order valence-corrected chi connectivity index (χ3v) is 4.61. The highest BCUT2D eigenvalue weighted by atomic mass is 16.8. The Bertz CT molecular complexity index is 897. The van der Waals surface area contributed by atoms with Crippen LogP contribution in [0, 0.1) is 5.21 Å². The second-order valence-corrected chi connectivity index (χ2v) is 6.38. The Morgan fingerprint density at radius 2 is 1.79 bits per heavy atom. The Morgan fingerprint density at radius 1 is 1.11 bits per heavy atom. The number of carboxylic acids is 1. The lowest BCUT2D eigenvalue weighted by molar-refractivity contribution is -0.991. The van der Waals surface area contributed by atoms with E-state index < -0.39 is 23.1 Å². The molecule has 0 spiro atoms. The molecular formula is C19H19N3O6. The molecule has 1 unspecified atom stereocenters. The van der Waals surface area contributed by atoms with Crippen molar-refractivity contribution in [2.75, 3.05) is 11.9 Å². The molecule has 0 bridgehead atoms. The lowest BCUT2D eigenvalue weighted by Crippen LogP contribution is -2.99. The second kappa shape index (κ2) is 8.17. The summed E-state index contributed by atoms with van der Waals surface area (Å²) in [6.45, 7) is 0.387. The van der Waals surface area contributed by atoms with Crippen LogP contribution >= 0.6 is 0 Å². The summed E-state index contributed by atoms with van der Waals surface area (Å²) in [5, 5.41) is 30.6. The maximum Gasteiger partial charge on any atom is 0.337 e. The van der Waals surface area contributed by atoms with Gasteiger partial charge in [0.05, 0.1) is 11.3 Å². The molecule has 3 rings (SSSR count).